The summed E-state index contributed by atoms with van der Waals surface area (Å²) in [4.78, 5) is 0. The molecule has 0 spiro atoms. The van der Waals surface area contributed by atoms with Gasteiger partial charge in [-0.1, -0.05) is 45.9 Å². The van der Waals surface area contributed by atoms with Crippen LogP contribution in [0.3, 0.4) is 0 Å². The summed E-state index contributed by atoms with van der Waals surface area (Å²) in [7, 11) is 0. The molecular formula is C20H26O. The highest BCUT2D eigenvalue weighted by molar-refractivity contribution is 5.74. The molecule has 112 valence electrons. The average Bonchev–Trinajstić information content (AvgIpc) is 2.43. The summed E-state index contributed by atoms with van der Waals surface area (Å²) in [6.07, 6.45) is 0. The fourth-order valence-electron chi connectivity index (χ4n) is 2.98. The third kappa shape index (κ3) is 2.97. The third-order valence-electron chi connectivity index (χ3n) is 4.15. The Morgan fingerprint density at radius 3 is 1.62 bits per heavy atom. The molecule has 2 aromatic carbocycles. The molecule has 0 aromatic heterocycles. The largest absolute Gasteiger partial charge is 0.507 e. The number of aromatic hydroxyl groups is 1. The zero-order valence-corrected chi connectivity index (χ0v) is 14.0. The topological polar surface area (TPSA) is 20.2 Å². The van der Waals surface area contributed by atoms with Crippen molar-refractivity contribution in [3.63, 3.8) is 0 Å². The Morgan fingerprint density at radius 2 is 1.24 bits per heavy atom. The molecule has 2 aromatic rings. The standard InChI is InChI=1S/C20H26O/c1-12(2)17-8-7-9-18(13(3)4)19(17)16-10-14(5)20(21)15(6)11-16/h7-13,21H,1-6H3. The van der Waals surface area contributed by atoms with Gasteiger partial charge >= 0.3 is 0 Å². The second-order valence-electron chi connectivity index (χ2n) is 6.58. The molecule has 1 nitrogen and oxygen atoms in total. The quantitative estimate of drug-likeness (QED) is 0.740. The Kier molecular flexibility index (Phi) is 4.41. The van der Waals surface area contributed by atoms with Crippen molar-refractivity contribution < 1.29 is 5.11 Å². The molecule has 0 fully saturated rings. The third-order valence-corrected chi connectivity index (χ3v) is 4.15. The van der Waals surface area contributed by atoms with E-state index in [1.807, 2.05) is 13.8 Å². The molecule has 0 aliphatic carbocycles. The predicted molar refractivity (Wildman–Crippen MR) is 91.2 cm³/mol. The van der Waals surface area contributed by atoms with Gasteiger partial charge in [-0.2, -0.15) is 0 Å². The van der Waals surface area contributed by atoms with Gasteiger partial charge in [-0.3, -0.25) is 0 Å². The first-order chi connectivity index (χ1) is 9.82. The van der Waals surface area contributed by atoms with E-state index < -0.39 is 0 Å². The summed E-state index contributed by atoms with van der Waals surface area (Å²) in [5.41, 5.74) is 7.21. The van der Waals surface area contributed by atoms with E-state index in [0.29, 0.717) is 17.6 Å². The number of rotatable bonds is 3. The molecular weight excluding hydrogens is 256 g/mol. The lowest BCUT2D eigenvalue weighted by Gasteiger charge is -2.21. The molecule has 0 saturated carbocycles. The normalized spacial score (nSPS) is 11.4. The van der Waals surface area contributed by atoms with Gasteiger partial charge in [0.1, 0.15) is 5.75 Å². The van der Waals surface area contributed by atoms with Crippen LogP contribution in [-0.2, 0) is 0 Å². The summed E-state index contributed by atoms with van der Waals surface area (Å²) >= 11 is 0. The first-order valence-corrected chi connectivity index (χ1v) is 7.76. The van der Waals surface area contributed by atoms with Gasteiger partial charge in [0.05, 0.1) is 0 Å². The molecule has 0 aliphatic rings. The van der Waals surface area contributed by atoms with Crippen molar-refractivity contribution in [2.75, 3.05) is 0 Å². The molecule has 1 heteroatoms. The number of aryl methyl sites for hydroxylation is 2. The number of hydrogen-bond acceptors (Lipinski definition) is 1. The molecule has 0 radical (unpaired) electrons. The minimum Gasteiger partial charge on any atom is -0.507 e. The maximum atomic E-state index is 10.0. The molecule has 0 unspecified atom stereocenters. The van der Waals surface area contributed by atoms with Crippen LogP contribution in [0.1, 0.15) is 61.8 Å². The van der Waals surface area contributed by atoms with Gasteiger partial charge < -0.3 is 5.11 Å². The van der Waals surface area contributed by atoms with E-state index in [0.717, 1.165) is 11.1 Å². The SMILES string of the molecule is Cc1cc(-c2c(C(C)C)cccc2C(C)C)cc(C)c1O. The Hall–Kier alpha value is -1.76. The van der Waals surface area contributed by atoms with Crippen molar-refractivity contribution in [2.24, 2.45) is 0 Å². The number of hydrogen-bond donors (Lipinski definition) is 1. The summed E-state index contributed by atoms with van der Waals surface area (Å²) in [5.74, 6) is 1.37. The fourth-order valence-corrected chi connectivity index (χ4v) is 2.98. The lowest BCUT2D eigenvalue weighted by Crippen LogP contribution is -2.00. The highest BCUT2D eigenvalue weighted by Crippen LogP contribution is 2.38. The van der Waals surface area contributed by atoms with Crippen molar-refractivity contribution in [3.05, 3.63) is 52.6 Å². The van der Waals surface area contributed by atoms with Crippen molar-refractivity contribution >= 4 is 0 Å². The van der Waals surface area contributed by atoms with E-state index in [-0.39, 0.29) is 0 Å². The first kappa shape index (κ1) is 15.6. The van der Waals surface area contributed by atoms with E-state index in [2.05, 4.69) is 58.0 Å². The minimum atomic E-state index is 0.409. The zero-order valence-electron chi connectivity index (χ0n) is 14.0. The van der Waals surface area contributed by atoms with Crippen molar-refractivity contribution in [1.82, 2.24) is 0 Å². The van der Waals surface area contributed by atoms with Crippen LogP contribution in [-0.4, -0.2) is 5.11 Å². The van der Waals surface area contributed by atoms with Crippen LogP contribution in [0.15, 0.2) is 30.3 Å². The van der Waals surface area contributed by atoms with Gasteiger partial charge in [-0.15, -0.1) is 0 Å². The predicted octanol–water partition coefficient (Wildman–Crippen LogP) is 5.92. The molecule has 0 bridgehead atoms. The van der Waals surface area contributed by atoms with Crippen LogP contribution >= 0.6 is 0 Å². The van der Waals surface area contributed by atoms with Gasteiger partial charge in [0.2, 0.25) is 0 Å². The molecule has 1 N–H and O–H groups in total. The van der Waals surface area contributed by atoms with E-state index in [1.54, 1.807) is 0 Å². The van der Waals surface area contributed by atoms with Crippen LogP contribution < -0.4 is 0 Å². The van der Waals surface area contributed by atoms with E-state index in [4.69, 9.17) is 0 Å². The number of benzene rings is 2. The molecule has 0 heterocycles. The monoisotopic (exact) mass is 282 g/mol. The second kappa shape index (κ2) is 5.93. The van der Waals surface area contributed by atoms with E-state index >= 15 is 0 Å². The smallest absolute Gasteiger partial charge is 0.121 e. The van der Waals surface area contributed by atoms with Crippen LogP contribution in [0.5, 0.6) is 5.75 Å². The highest BCUT2D eigenvalue weighted by Gasteiger charge is 2.16. The molecule has 0 atom stereocenters. The second-order valence-corrected chi connectivity index (χ2v) is 6.58. The van der Waals surface area contributed by atoms with Crippen LogP contribution in [0.25, 0.3) is 11.1 Å². The molecule has 2 rings (SSSR count). The summed E-state index contributed by atoms with van der Waals surface area (Å²) in [5, 5.41) is 10.0. The lowest BCUT2D eigenvalue weighted by atomic mass is 9.84. The average molecular weight is 282 g/mol. The van der Waals surface area contributed by atoms with Crippen molar-refractivity contribution in [1.29, 1.82) is 0 Å². The molecule has 21 heavy (non-hydrogen) atoms. The lowest BCUT2D eigenvalue weighted by molar-refractivity contribution is 0.467. The first-order valence-electron chi connectivity index (χ1n) is 7.76. The van der Waals surface area contributed by atoms with Gasteiger partial charge in [0, 0.05) is 0 Å². The van der Waals surface area contributed by atoms with Gasteiger partial charge in [-0.05, 0) is 71.2 Å². The van der Waals surface area contributed by atoms with Crippen molar-refractivity contribution in [3.8, 4) is 16.9 Å². The van der Waals surface area contributed by atoms with Gasteiger partial charge in [0.25, 0.3) is 0 Å². The van der Waals surface area contributed by atoms with Crippen LogP contribution in [0, 0.1) is 13.8 Å². The zero-order chi connectivity index (χ0) is 15.7. The summed E-state index contributed by atoms with van der Waals surface area (Å²) in [6, 6.07) is 10.8. The molecule has 0 amide bonds. The fraction of sp³-hybridized carbons (Fsp3) is 0.400. The van der Waals surface area contributed by atoms with Crippen LogP contribution in [0.4, 0.5) is 0 Å². The number of phenols is 1. The Bertz CT molecular complexity index is 602. The van der Waals surface area contributed by atoms with Crippen molar-refractivity contribution in [2.45, 2.75) is 53.4 Å². The Morgan fingerprint density at radius 1 is 0.810 bits per heavy atom. The van der Waals surface area contributed by atoms with E-state index in [1.165, 1.54) is 22.3 Å². The highest BCUT2D eigenvalue weighted by atomic mass is 16.3. The number of phenolic OH excluding ortho intramolecular Hbond substituents is 1. The Labute approximate surface area is 128 Å². The minimum absolute atomic E-state index is 0.409. The maximum absolute atomic E-state index is 10.0. The van der Waals surface area contributed by atoms with Gasteiger partial charge in [-0.25, -0.2) is 0 Å². The van der Waals surface area contributed by atoms with Gasteiger partial charge in [0.15, 0.2) is 0 Å². The Balaban J connectivity index is 2.78. The summed E-state index contributed by atoms with van der Waals surface area (Å²) in [6.45, 7) is 12.9. The maximum Gasteiger partial charge on any atom is 0.121 e. The van der Waals surface area contributed by atoms with Crippen LogP contribution in [0.2, 0.25) is 0 Å². The molecule has 0 saturated heterocycles. The summed E-state index contributed by atoms with van der Waals surface area (Å²) < 4.78 is 0. The molecule has 0 aliphatic heterocycles. The van der Waals surface area contributed by atoms with E-state index in [9.17, 15) is 5.11 Å².